The molecule has 6 nitrogen and oxygen atoms in total. The van der Waals surface area contributed by atoms with Gasteiger partial charge in [0.1, 0.15) is 0 Å². The van der Waals surface area contributed by atoms with Crippen molar-refractivity contribution in [2.24, 2.45) is 0 Å². The van der Waals surface area contributed by atoms with Crippen LogP contribution in [-0.2, 0) is 0 Å². The van der Waals surface area contributed by atoms with E-state index in [1.54, 1.807) is 18.2 Å². The van der Waals surface area contributed by atoms with Crippen LogP contribution in [0, 0.1) is 0 Å². The quantitative estimate of drug-likeness (QED) is 0.600. The third-order valence-corrected chi connectivity index (χ3v) is 3.41. The third kappa shape index (κ3) is 8.95. The van der Waals surface area contributed by atoms with E-state index in [-0.39, 0.29) is 35.9 Å². The molecule has 8 heteroatoms. The van der Waals surface area contributed by atoms with Crippen molar-refractivity contribution in [1.29, 1.82) is 0 Å². The van der Waals surface area contributed by atoms with Gasteiger partial charge in [-0.15, -0.1) is 12.4 Å². The molecule has 1 rings (SSSR count). The van der Waals surface area contributed by atoms with Gasteiger partial charge in [0.05, 0.1) is 10.6 Å². The van der Waals surface area contributed by atoms with Crippen molar-refractivity contribution < 1.29 is 9.59 Å². The van der Waals surface area contributed by atoms with Crippen molar-refractivity contribution in [3.63, 3.8) is 0 Å². The van der Waals surface area contributed by atoms with Crippen molar-refractivity contribution >= 4 is 41.6 Å². The number of carbonyl (C=O) groups is 2. The lowest BCUT2D eigenvalue weighted by molar-refractivity contribution is 0.0950. The molecule has 1 aromatic carbocycles. The zero-order chi connectivity index (χ0) is 18.3. The van der Waals surface area contributed by atoms with E-state index in [4.69, 9.17) is 11.6 Å². The van der Waals surface area contributed by atoms with E-state index in [0.29, 0.717) is 22.8 Å². The molecule has 1 aromatic rings. The molecule has 25 heavy (non-hydrogen) atoms. The summed E-state index contributed by atoms with van der Waals surface area (Å²) in [6.45, 7) is 11.0. The van der Waals surface area contributed by atoms with Crippen LogP contribution in [0.4, 0.5) is 10.5 Å². The minimum atomic E-state index is -0.348. The van der Waals surface area contributed by atoms with Crippen LogP contribution in [0.1, 0.15) is 45.0 Å². The second-order valence-corrected chi connectivity index (χ2v) is 7.10. The predicted octanol–water partition coefficient (Wildman–Crippen LogP) is 3.41. The number of likely N-dealkylation sites (N-methyl/N-ethyl adjacent to an activating group) is 1. The summed E-state index contributed by atoms with van der Waals surface area (Å²) in [5, 5.41) is 11.9. The van der Waals surface area contributed by atoms with Gasteiger partial charge in [0, 0.05) is 23.8 Å². The molecule has 0 saturated heterocycles. The maximum Gasteiger partial charge on any atom is 0.319 e. The lowest BCUT2D eigenvalue weighted by atomic mass is 10.1. The van der Waals surface area contributed by atoms with Crippen LogP contribution in [0.5, 0.6) is 0 Å². The average molecular weight is 391 g/mol. The first-order valence-electron chi connectivity index (χ1n) is 8.02. The van der Waals surface area contributed by atoms with Gasteiger partial charge in [0.15, 0.2) is 0 Å². The molecule has 0 saturated carbocycles. The first kappa shape index (κ1) is 23.5. The summed E-state index contributed by atoms with van der Waals surface area (Å²) in [6.07, 6.45) is 0. The fourth-order valence-corrected chi connectivity index (χ4v) is 2.24. The summed E-state index contributed by atoms with van der Waals surface area (Å²) < 4.78 is 0. The van der Waals surface area contributed by atoms with Gasteiger partial charge >= 0.3 is 6.03 Å². The molecule has 0 fully saturated rings. The normalized spacial score (nSPS) is 11.9. The Balaban J connectivity index is 0.00000576. The fourth-order valence-electron chi connectivity index (χ4n) is 2.04. The van der Waals surface area contributed by atoms with Crippen molar-refractivity contribution in [2.45, 2.75) is 46.2 Å². The number of hydrogen-bond acceptors (Lipinski definition) is 3. The van der Waals surface area contributed by atoms with Crippen molar-refractivity contribution in [3.8, 4) is 0 Å². The third-order valence-electron chi connectivity index (χ3n) is 3.08. The molecule has 1 atom stereocenters. The summed E-state index contributed by atoms with van der Waals surface area (Å²) >= 11 is 6.11. The largest absolute Gasteiger partial charge is 0.350 e. The zero-order valence-electron chi connectivity index (χ0n) is 15.3. The minimum absolute atomic E-state index is 0. The SMILES string of the molecule is CCN[C@H](C)CNC(=O)c1cc(NC(=O)NC(C)(C)C)ccc1Cl.Cl. The van der Waals surface area contributed by atoms with Gasteiger partial charge < -0.3 is 21.3 Å². The number of halogens is 2. The van der Waals surface area contributed by atoms with E-state index >= 15 is 0 Å². The number of anilines is 1. The average Bonchev–Trinajstić information content (AvgIpc) is 2.45. The van der Waals surface area contributed by atoms with E-state index in [1.165, 1.54) is 0 Å². The molecule has 0 radical (unpaired) electrons. The standard InChI is InChI=1S/C17H27ClN4O2.ClH/c1-6-19-11(2)10-20-15(23)13-9-12(7-8-14(13)18)21-16(24)22-17(3,4)5;/h7-9,11,19H,6,10H2,1-5H3,(H,20,23)(H2,21,22,24);1H/t11-;/m1./s1. The molecule has 0 aromatic heterocycles. The number of rotatable bonds is 6. The molecule has 0 aliphatic heterocycles. The molecular weight excluding hydrogens is 363 g/mol. The van der Waals surface area contributed by atoms with Crippen molar-refractivity contribution in [3.05, 3.63) is 28.8 Å². The Morgan fingerprint density at radius 3 is 2.44 bits per heavy atom. The van der Waals surface area contributed by atoms with Crippen LogP contribution >= 0.6 is 24.0 Å². The van der Waals surface area contributed by atoms with Crippen LogP contribution in [0.2, 0.25) is 5.02 Å². The van der Waals surface area contributed by atoms with Crippen LogP contribution in [0.15, 0.2) is 18.2 Å². The summed E-state index contributed by atoms with van der Waals surface area (Å²) in [4.78, 5) is 24.2. The molecule has 0 bridgehead atoms. The Bertz CT molecular complexity index is 589. The number of nitrogens with one attached hydrogen (secondary N) is 4. The second-order valence-electron chi connectivity index (χ2n) is 6.69. The highest BCUT2D eigenvalue weighted by atomic mass is 35.5. The number of amides is 3. The molecule has 0 aliphatic carbocycles. The summed E-state index contributed by atoms with van der Waals surface area (Å²) in [6, 6.07) is 4.64. The first-order chi connectivity index (χ1) is 11.1. The maximum atomic E-state index is 12.3. The highest BCUT2D eigenvalue weighted by molar-refractivity contribution is 6.34. The second kappa shape index (κ2) is 10.5. The predicted molar refractivity (Wildman–Crippen MR) is 106 cm³/mol. The molecular formula is C17H28Cl2N4O2. The topological polar surface area (TPSA) is 82.3 Å². The van der Waals surface area contributed by atoms with Crippen LogP contribution in [0.3, 0.4) is 0 Å². The summed E-state index contributed by atoms with van der Waals surface area (Å²) in [7, 11) is 0. The van der Waals surface area contributed by atoms with E-state index < -0.39 is 0 Å². The molecule has 0 spiro atoms. The van der Waals surface area contributed by atoms with Gasteiger partial charge in [0.25, 0.3) is 5.91 Å². The van der Waals surface area contributed by atoms with E-state index in [9.17, 15) is 9.59 Å². The summed E-state index contributed by atoms with van der Waals surface area (Å²) in [5.41, 5.74) is 0.485. The Morgan fingerprint density at radius 2 is 1.88 bits per heavy atom. The van der Waals surface area contributed by atoms with Crippen LogP contribution in [-0.4, -0.2) is 36.6 Å². The molecule has 4 N–H and O–H groups in total. The van der Waals surface area contributed by atoms with E-state index in [0.717, 1.165) is 6.54 Å². The van der Waals surface area contributed by atoms with E-state index in [1.807, 2.05) is 34.6 Å². The fraction of sp³-hybridized carbons (Fsp3) is 0.529. The lowest BCUT2D eigenvalue weighted by Crippen LogP contribution is -2.43. The maximum absolute atomic E-state index is 12.3. The Kier molecular flexibility index (Phi) is 9.85. The smallest absolute Gasteiger partial charge is 0.319 e. The molecule has 3 amide bonds. The number of benzene rings is 1. The van der Waals surface area contributed by atoms with Gasteiger partial charge in [-0.05, 0) is 52.4 Å². The number of carbonyl (C=O) groups excluding carboxylic acids is 2. The van der Waals surface area contributed by atoms with E-state index in [2.05, 4.69) is 21.3 Å². The summed E-state index contributed by atoms with van der Waals surface area (Å²) in [5.74, 6) is -0.273. The Labute approximate surface area is 160 Å². The lowest BCUT2D eigenvalue weighted by Gasteiger charge is -2.21. The van der Waals surface area contributed by atoms with Gasteiger partial charge in [-0.1, -0.05) is 18.5 Å². The van der Waals surface area contributed by atoms with Gasteiger partial charge in [-0.3, -0.25) is 4.79 Å². The van der Waals surface area contributed by atoms with Crippen molar-refractivity contribution in [2.75, 3.05) is 18.4 Å². The molecule has 0 unspecified atom stereocenters. The monoisotopic (exact) mass is 390 g/mol. The Morgan fingerprint density at radius 1 is 1.24 bits per heavy atom. The number of urea groups is 1. The highest BCUT2D eigenvalue weighted by Crippen LogP contribution is 2.20. The molecule has 142 valence electrons. The van der Waals surface area contributed by atoms with Crippen LogP contribution in [0.25, 0.3) is 0 Å². The molecule has 0 heterocycles. The first-order valence-corrected chi connectivity index (χ1v) is 8.40. The Hall–Kier alpha value is -1.50. The highest BCUT2D eigenvalue weighted by Gasteiger charge is 2.16. The van der Waals surface area contributed by atoms with Gasteiger partial charge in [0.2, 0.25) is 0 Å². The van der Waals surface area contributed by atoms with Gasteiger partial charge in [-0.2, -0.15) is 0 Å². The zero-order valence-corrected chi connectivity index (χ0v) is 16.9. The molecule has 0 aliphatic rings. The number of hydrogen-bond donors (Lipinski definition) is 4. The van der Waals surface area contributed by atoms with Crippen molar-refractivity contribution in [1.82, 2.24) is 16.0 Å². The minimum Gasteiger partial charge on any atom is -0.350 e. The van der Waals surface area contributed by atoms with Crippen LogP contribution < -0.4 is 21.3 Å². The van der Waals surface area contributed by atoms with Gasteiger partial charge in [-0.25, -0.2) is 4.79 Å².